The number of sulfonamides is 1. The van der Waals surface area contributed by atoms with Gasteiger partial charge in [-0.2, -0.15) is 12.6 Å². The minimum atomic E-state index is -4.55. The predicted molar refractivity (Wildman–Crippen MR) is 170 cm³/mol. The van der Waals surface area contributed by atoms with Gasteiger partial charge in [0.15, 0.2) is 4.21 Å². The second-order valence-electron chi connectivity index (χ2n) is 11.0. The Morgan fingerprint density at radius 2 is 1.79 bits per heavy atom. The minimum Gasteiger partial charge on any atom is -0.384 e. The molecular weight excluding hydrogens is 598 g/mol. The summed E-state index contributed by atoms with van der Waals surface area (Å²) in [5.74, 6) is -0.814. The standard InChI is InChI=1S/C30H44ClN3O6S2/c1-5-6-12-27(36)34(16-15-32-29(38)25(20-41)17-21(2)3)19-23-13-14-26(24-10-8-7-9-11-24)30(31,18-23)42(39,40)33-28(37)22(4)35/h7-11,13-14,21-22,25,35,41H,5-6,12,15-20H2,1-4H3,(H,32,38)(H,33,37)/t22-,25+,30?/m0/s1. The number of amides is 3. The zero-order chi connectivity index (χ0) is 31.5. The van der Waals surface area contributed by atoms with Crippen LogP contribution in [0.4, 0.5) is 0 Å². The summed E-state index contributed by atoms with van der Waals surface area (Å²) in [6.07, 6.45) is 4.09. The van der Waals surface area contributed by atoms with Gasteiger partial charge in [0.05, 0.1) is 0 Å². The highest BCUT2D eigenvalue weighted by Gasteiger charge is 2.49. The molecule has 0 bridgehead atoms. The van der Waals surface area contributed by atoms with Gasteiger partial charge < -0.3 is 15.3 Å². The van der Waals surface area contributed by atoms with Crippen LogP contribution in [-0.2, 0) is 24.4 Å². The fraction of sp³-hybridized carbons (Fsp3) is 0.567. The molecule has 0 fully saturated rings. The number of carbonyl (C=O) groups is 3. The number of nitrogens with one attached hydrogen (secondary N) is 2. The molecule has 0 spiro atoms. The highest BCUT2D eigenvalue weighted by molar-refractivity contribution is 7.93. The molecule has 0 radical (unpaired) electrons. The topological polar surface area (TPSA) is 133 Å². The maximum absolute atomic E-state index is 13.6. The maximum atomic E-state index is 13.6. The van der Waals surface area contributed by atoms with Crippen molar-refractivity contribution in [1.82, 2.24) is 14.9 Å². The van der Waals surface area contributed by atoms with Crippen molar-refractivity contribution in [2.24, 2.45) is 11.8 Å². The van der Waals surface area contributed by atoms with Crippen LogP contribution >= 0.6 is 24.2 Å². The quantitative estimate of drug-likeness (QED) is 0.160. The summed E-state index contributed by atoms with van der Waals surface area (Å²) in [5, 5.41) is 12.6. The predicted octanol–water partition coefficient (Wildman–Crippen LogP) is 3.89. The Balaban J connectivity index is 2.35. The minimum absolute atomic E-state index is 0.0906. The Kier molecular flexibility index (Phi) is 14.1. The van der Waals surface area contributed by atoms with Gasteiger partial charge in [-0.25, -0.2) is 13.1 Å². The van der Waals surface area contributed by atoms with Gasteiger partial charge >= 0.3 is 0 Å². The normalized spacial score (nSPS) is 18.5. The number of hydrogen-bond donors (Lipinski definition) is 4. The van der Waals surface area contributed by atoms with E-state index in [9.17, 15) is 27.9 Å². The van der Waals surface area contributed by atoms with Crippen LogP contribution in [0.5, 0.6) is 0 Å². The number of rotatable bonds is 16. The Morgan fingerprint density at radius 3 is 2.36 bits per heavy atom. The Labute approximate surface area is 260 Å². The van der Waals surface area contributed by atoms with Crippen molar-refractivity contribution in [3.05, 3.63) is 53.6 Å². The Morgan fingerprint density at radius 1 is 1.12 bits per heavy atom. The number of thiol groups is 1. The summed E-state index contributed by atoms with van der Waals surface area (Å²) >= 11 is 11.3. The van der Waals surface area contributed by atoms with Crippen molar-refractivity contribution in [2.45, 2.75) is 70.1 Å². The molecule has 2 rings (SSSR count). The van der Waals surface area contributed by atoms with Gasteiger partial charge in [0.2, 0.25) is 11.8 Å². The number of aliphatic hydroxyl groups excluding tert-OH is 1. The number of halogens is 1. The molecule has 1 aliphatic rings. The lowest BCUT2D eigenvalue weighted by molar-refractivity contribution is -0.131. The first kappa shape index (κ1) is 35.9. The van der Waals surface area contributed by atoms with Gasteiger partial charge in [0, 0.05) is 44.1 Å². The van der Waals surface area contributed by atoms with Crippen LogP contribution in [-0.4, -0.2) is 71.8 Å². The summed E-state index contributed by atoms with van der Waals surface area (Å²) in [6.45, 7) is 7.77. The fourth-order valence-corrected chi connectivity index (χ4v) is 6.89. The number of nitrogens with zero attached hydrogens (tertiary/aromatic N) is 1. The maximum Gasteiger partial charge on any atom is 0.262 e. The van der Waals surface area contributed by atoms with Gasteiger partial charge in [-0.1, -0.05) is 81.3 Å². The average molecular weight is 642 g/mol. The summed E-state index contributed by atoms with van der Waals surface area (Å²) in [4.78, 5) is 39.7. The third-order valence-electron chi connectivity index (χ3n) is 6.99. The Hall–Kier alpha value is -2.34. The van der Waals surface area contributed by atoms with E-state index in [2.05, 4.69) is 17.9 Å². The highest BCUT2D eigenvalue weighted by Crippen LogP contribution is 2.45. The molecule has 3 amide bonds. The molecule has 0 saturated heterocycles. The first-order chi connectivity index (χ1) is 19.8. The molecule has 3 atom stereocenters. The van der Waals surface area contributed by atoms with E-state index in [0.29, 0.717) is 42.1 Å². The van der Waals surface area contributed by atoms with Gasteiger partial charge in [0.25, 0.3) is 15.9 Å². The largest absolute Gasteiger partial charge is 0.384 e. The van der Waals surface area contributed by atoms with Gasteiger partial charge in [-0.15, -0.1) is 0 Å². The molecule has 234 valence electrons. The van der Waals surface area contributed by atoms with Crippen LogP contribution in [0.3, 0.4) is 0 Å². The molecule has 3 N–H and O–H groups in total. The Bertz CT molecular complexity index is 1250. The number of carbonyl (C=O) groups excluding carboxylic acids is 3. The summed E-state index contributed by atoms with van der Waals surface area (Å²) in [6, 6.07) is 8.71. The van der Waals surface area contributed by atoms with Crippen molar-refractivity contribution < 1.29 is 27.9 Å². The van der Waals surface area contributed by atoms with E-state index < -0.39 is 26.2 Å². The summed E-state index contributed by atoms with van der Waals surface area (Å²) in [5.41, 5.74) is 1.37. The fourth-order valence-electron chi connectivity index (χ4n) is 4.66. The number of unbranched alkanes of at least 4 members (excludes halogenated alkanes) is 1. The molecule has 0 aromatic heterocycles. The lowest BCUT2D eigenvalue weighted by Gasteiger charge is -2.35. The second-order valence-corrected chi connectivity index (χ2v) is 14.2. The van der Waals surface area contributed by atoms with Crippen molar-refractivity contribution in [1.29, 1.82) is 0 Å². The van der Waals surface area contributed by atoms with Crippen LogP contribution in [0.25, 0.3) is 5.57 Å². The van der Waals surface area contributed by atoms with E-state index in [-0.39, 0.29) is 49.4 Å². The first-order valence-electron chi connectivity index (χ1n) is 14.3. The summed E-state index contributed by atoms with van der Waals surface area (Å²) in [7, 11) is -4.55. The van der Waals surface area contributed by atoms with Crippen molar-refractivity contribution >= 4 is 57.5 Å². The molecule has 9 nitrogen and oxygen atoms in total. The molecule has 1 unspecified atom stereocenters. The van der Waals surface area contributed by atoms with Crippen molar-refractivity contribution in [2.75, 3.05) is 25.4 Å². The first-order valence-corrected chi connectivity index (χ1v) is 16.8. The van der Waals surface area contributed by atoms with Crippen molar-refractivity contribution in [3.8, 4) is 0 Å². The van der Waals surface area contributed by atoms with E-state index in [1.807, 2.05) is 25.5 Å². The van der Waals surface area contributed by atoms with Crippen LogP contribution in [0.15, 0.2) is 48.1 Å². The van der Waals surface area contributed by atoms with Gasteiger partial charge in [-0.3, -0.25) is 14.4 Å². The molecule has 0 heterocycles. The lowest BCUT2D eigenvalue weighted by Crippen LogP contribution is -2.49. The number of alkyl halides is 1. The highest BCUT2D eigenvalue weighted by atomic mass is 35.5. The summed E-state index contributed by atoms with van der Waals surface area (Å²) < 4.78 is 26.9. The monoisotopic (exact) mass is 641 g/mol. The third kappa shape index (κ3) is 9.86. The average Bonchev–Trinajstić information content (AvgIpc) is 2.94. The third-order valence-corrected chi connectivity index (χ3v) is 10.1. The smallest absolute Gasteiger partial charge is 0.262 e. The molecule has 42 heavy (non-hydrogen) atoms. The van der Waals surface area contributed by atoms with Crippen LogP contribution in [0, 0.1) is 11.8 Å². The molecule has 0 saturated carbocycles. The number of benzene rings is 1. The zero-order valence-electron chi connectivity index (χ0n) is 24.8. The molecule has 1 aromatic carbocycles. The van der Waals surface area contributed by atoms with Crippen molar-refractivity contribution in [3.63, 3.8) is 0 Å². The van der Waals surface area contributed by atoms with E-state index in [4.69, 9.17) is 11.6 Å². The molecule has 0 aliphatic heterocycles. The second kappa shape index (κ2) is 16.5. The zero-order valence-corrected chi connectivity index (χ0v) is 27.3. The van der Waals surface area contributed by atoms with Crippen LogP contribution in [0.1, 0.15) is 65.4 Å². The van der Waals surface area contributed by atoms with Crippen LogP contribution in [0.2, 0.25) is 0 Å². The molecule has 12 heteroatoms. The molecular formula is C30H44ClN3O6S2. The van der Waals surface area contributed by atoms with E-state index in [0.717, 1.165) is 13.3 Å². The SMILES string of the molecule is CCCCC(=O)N(CCNC(=O)[C@@H](CS)CC(C)C)CC1=CC=C(c2ccccc2)C(Cl)(S(=O)(=O)NC(=O)[C@H](C)O)C1. The number of allylic oxidation sites excluding steroid dienone is 2. The van der Waals surface area contributed by atoms with E-state index in [1.54, 1.807) is 47.4 Å². The van der Waals surface area contributed by atoms with Gasteiger partial charge in [0.1, 0.15) is 6.10 Å². The lowest BCUT2D eigenvalue weighted by atomic mass is 9.92. The van der Waals surface area contributed by atoms with E-state index >= 15 is 0 Å². The number of aliphatic hydroxyl groups is 1. The number of hydrogen-bond acceptors (Lipinski definition) is 7. The van der Waals surface area contributed by atoms with E-state index in [1.165, 1.54) is 0 Å². The van der Waals surface area contributed by atoms with Crippen LogP contribution < -0.4 is 10.0 Å². The van der Waals surface area contributed by atoms with Gasteiger partial charge in [-0.05, 0) is 42.4 Å². The molecule has 1 aromatic rings. The molecule has 1 aliphatic carbocycles.